The summed E-state index contributed by atoms with van der Waals surface area (Å²) in [5.74, 6) is -1.12. The predicted molar refractivity (Wildman–Crippen MR) is 103 cm³/mol. The van der Waals surface area contributed by atoms with Crippen molar-refractivity contribution >= 4 is 33.6 Å². The number of nitrogens with zero attached hydrogens (tertiary/aromatic N) is 1. The van der Waals surface area contributed by atoms with E-state index in [2.05, 4.69) is 11.6 Å². The molecule has 138 valence electrons. The number of hydrogen-bond acceptors (Lipinski definition) is 2. The highest BCUT2D eigenvalue weighted by Gasteiger charge is 2.31. The van der Waals surface area contributed by atoms with E-state index in [0.717, 1.165) is 21.8 Å². The van der Waals surface area contributed by atoms with E-state index < -0.39 is 5.91 Å². The van der Waals surface area contributed by atoms with E-state index in [1.807, 2.05) is 24.3 Å². The predicted octanol–water partition coefficient (Wildman–Crippen LogP) is 2.99. The van der Waals surface area contributed by atoms with Crippen molar-refractivity contribution < 1.29 is 14.0 Å². The zero-order chi connectivity index (χ0) is 19.1. The molecule has 1 aliphatic rings. The Balaban J connectivity index is 1.93. The SMILES string of the molecule is C=CC(=O)N1CCC(c2c(F)cc(CC(N)=O)c3[nH]c4ccccc4c23)C1. The van der Waals surface area contributed by atoms with E-state index in [4.69, 9.17) is 5.73 Å². The fourth-order valence-corrected chi connectivity index (χ4v) is 4.14. The van der Waals surface area contributed by atoms with Crippen LogP contribution in [0, 0.1) is 5.82 Å². The quantitative estimate of drug-likeness (QED) is 0.697. The summed E-state index contributed by atoms with van der Waals surface area (Å²) in [5, 5.41) is 1.68. The molecular formula is C21H20FN3O2. The summed E-state index contributed by atoms with van der Waals surface area (Å²) in [6, 6.07) is 9.07. The molecule has 3 N–H and O–H groups in total. The minimum Gasteiger partial charge on any atom is -0.369 e. The van der Waals surface area contributed by atoms with E-state index in [0.29, 0.717) is 30.6 Å². The van der Waals surface area contributed by atoms with Crippen LogP contribution >= 0.6 is 0 Å². The first kappa shape index (κ1) is 17.3. The normalized spacial score (nSPS) is 16.9. The van der Waals surface area contributed by atoms with Crippen molar-refractivity contribution in [1.29, 1.82) is 0 Å². The molecule has 0 radical (unpaired) electrons. The molecule has 2 heterocycles. The van der Waals surface area contributed by atoms with Gasteiger partial charge in [-0.15, -0.1) is 0 Å². The number of nitrogens with one attached hydrogen (secondary N) is 1. The van der Waals surface area contributed by atoms with Crippen LogP contribution in [0.15, 0.2) is 43.0 Å². The molecular weight excluding hydrogens is 345 g/mol. The van der Waals surface area contributed by atoms with Crippen LogP contribution in [0.25, 0.3) is 21.8 Å². The van der Waals surface area contributed by atoms with Gasteiger partial charge in [-0.1, -0.05) is 24.8 Å². The second-order valence-corrected chi connectivity index (χ2v) is 6.97. The first-order chi connectivity index (χ1) is 13.0. The molecule has 2 amide bonds. The fourth-order valence-electron chi connectivity index (χ4n) is 4.14. The monoisotopic (exact) mass is 365 g/mol. The van der Waals surface area contributed by atoms with Gasteiger partial charge in [0.15, 0.2) is 0 Å². The Hall–Kier alpha value is -3.15. The average molecular weight is 365 g/mol. The second kappa shape index (κ2) is 6.54. The van der Waals surface area contributed by atoms with Crippen LogP contribution in [0.3, 0.4) is 0 Å². The van der Waals surface area contributed by atoms with E-state index >= 15 is 4.39 Å². The minimum absolute atomic E-state index is 0.0355. The summed E-state index contributed by atoms with van der Waals surface area (Å²) in [5.41, 5.74) is 8.11. The Morgan fingerprint density at radius 2 is 2.15 bits per heavy atom. The molecule has 0 saturated carbocycles. The number of nitrogens with two attached hydrogens (primary N) is 1. The van der Waals surface area contributed by atoms with E-state index in [-0.39, 0.29) is 24.1 Å². The summed E-state index contributed by atoms with van der Waals surface area (Å²) in [6.45, 7) is 4.55. The molecule has 1 aromatic heterocycles. The van der Waals surface area contributed by atoms with Gasteiger partial charge in [-0.3, -0.25) is 9.59 Å². The first-order valence-electron chi connectivity index (χ1n) is 8.91. The summed E-state index contributed by atoms with van der Waals surface area (Å²) in [7, 11) is 0. The van der Waals surface area contributed by atoms with Crippen LogP contribution in [-0.2, 0) is 16.0 Å². The number of benzene rings is 2. The lowest BCUT2D eigenvalue weighted by Crippen LogP contribution is -2.26. The second-order valence-electron chi connectivity index (χ2n) is 6.97. The molecule has 6 heteroatoms. The summed E-state index contributed by atoms with van der Waals surface area (Å²) in [4.78, 5) is 28.4. The Bertz CT molecular complexity index is 1090. The molecule has 1 fully saturated rings. The van der Waals surface area contributed by atoms with Crippen LogP contribution in [0.4, 0.5) is 4.39 Å². The number of aromatic amines is 1. The van der Waals surface area contributed by atoms with E-state index in [9.17, 15) is 9.59 Å². The van der Waals surface area contributed by atoms with Crippen molar-refractivity contribution in [2.45, 2.75) is 18.8 Å². The van der Waals surface area contributed by atoms with Gasteiger partial charge in [0, 0.05) is 40.9 Å². The summed E-state index contributed by atoms with van der Waals surface area (Å²) in [6.07, 6.45) is 1.93. The molecule has 1 unspecified atom stereocenters. The van der Waals surface area contributed by atoms with Crippen molar-refractivity contribution in [2.24, 2.45) is 5.73 Å². The van der Waals surface area contributed by atoms with Crippen LogP contribution < -0.4 is 5.73 Å². The van der Waals surface area contributed by atoms with Gasteiger partial charge in [-0.05, 0) is 30.2 Å². The van der Waals surface area contributed by atoms with Gasteiger partial charge in [0.25, 0.3) is 0 Å². The minimum atomic E-state index is -0.509. The Morgan fingerprint density at radius 1 is 1.37 bits per heavy atom. The Morgan fingerprint density at radius 3 is 2.89 bits per heavy atom. The number of fused-ring (bicyclic) bond motifs is 3. The molecule has 27 heavy (non-hydrogen) atoms. The van der Waals surface area contributed by atoms with Gasteiger partial charge in [0.1, 0.15) is 5.82 Å². The number of carbonyl (C=O) groups is 2. The number of primary amides is 1. The lowest BCUT2D eigenvalue weighted by molar-refractivity contribution is -0.125. The average Bonchev–Trinajstić information content (AvgIpc) is 3.26. The molecule has 0 aliphatic carbocycles. The maximum atomic E-state index is 15.2. The van der Waals surface area contributed by atoms with E-state index in [1.165, 1.54) is 12.1 Å². The molecule has 5 nitrogen and oxygen atoms in total. The highest BCUT2D eigenvalue weighted by molar-refractivity contribution is 6.10. The molecule has 4 rings (SSSR count). The smallest absolute Gasteiger partial charge is 0.245 e. The topological polar surface area (TPSA) is 79.2 Å². The van der Waals surface area contributed by atoms with Crippen molar-refractivity contribution in [1.82, 2.24) is 9.88 Å². The molecule has 1 saturated heterocycles. The summed E-state index contributed by atoms with van der Waals surface area (Å²) < 4.78 is 15.2. The number of likely N-dealkylation sites (tertiary alicyclic amines) is 1. The van der Waals surface area contributed by atoms with Crippen LogP contribution in [0.1, 0.15) is 23.5 Å². The largest absolute Gasteiger partial charge is 0.369 e. The van der Waals surface area contributed by atoms with Gasteiger partial charge in [-0.2, -0.15) is 0 Å². The van der Waals surface area contributed by atoms with Crippen molar-refractivity contribution in [2.75, 3.05) is 13.1 Å². The third kappa shape index (κ3) is 2.87. The van der Waals surface area contributed by atoms with Crippen molar-refractivity contribution in [3.05, 3.63) is 59.9 Å². The van der Waals surface area contributed by atoms with Gasteiger partial charge < -0.3 is 15.6 Å². The zero-order valence-corrected chi connectivity index (χ0v) is 14.8. The standard InChI is InChI=1S/C21H20FN3O2/c1-2-18(27)25-8-7-12(11-25)19-15(22)9-13(10-17(23)26)21-20(19)14-5-3-4-6-16(14)24-21/h2-6,9,12,24H,1,7-8,10-11H2,(H2,23,26). The van der Waals surface area contributed by atoms with Gasteiger partial charge >= 0.3 is 0 Å². The first-order valence-corrected chi connectivity index (χ1v) is 8.91. The van der Waals surface area contributed by atoms with Crippen molar-refractivity contribution in [3.63, 3.8) is 0 Å². The maximum absolute atomic E-state index is 15.2. The van der Waals surface area contributed by atoms with Gasteiger partial charge in [0.05, 0.1) is 11.9 Å². The number of hydrogen-bond donors (Lipinski definition) is 2. The molecule has 0 bridgehead atoms. The maximum Gasteiger partial charge on any atom is 0.245 e. The Labute approximate surface area is 155 Å². The number of aromatic nitrogens is 1. The number of rotatable bonds is 4. The number of halogens is 1. The highest BCUT2D eigenvalue weighted by atomic mass is 19.1. The third-order valence-electron chi connectivity index (χ3n) is 5.30. The number of carbonyl (C=O) groups excluding carboxylic acids is 2. The molecule has 2 aromatic carbocycles. The fraction of sp³-hybridized carbons (Fsp3) is 0.238. The Kier molecular flexibility index (Phi) is 4.18. The number of para-hydroxylation sites is 1. The van der Waals surface area contributed by atoms with Crippen LogP contribution in [-0.4, -0.2) is 34.8 Å². The van der Waals surface area contributed by atoms with E-state index in [1.54, 1.807) is 4.90 Å². The lowest BCUT2D eigenvalue weighted by Gasteiger charge is -2.17. The van der Waals surface area contributed by atoms with Gasteiger partial charge in [-0.25, -0.2) is 4.39 Å². The molecule has 1 aliphatic heterocycles. The molecule has 0 spiro atoms. The highest BCUT2D eigenvalue weighted by Crippen LogP contribution is 2.39. The van der Waals surface area contributed by atoms with Crippen LogP contribution in [0.2, 0.25) is 0 Å². The zero-order valence-electron chi connectivity index (χ0n) is 14.8. The van der Waals surface area contributed by atoms with Crippen LogP contribution in [0.5, 0.6) is 0 Å². The number of H-pyrrole nitrogens is 1. The van der Waals surface area contributed by atoms with Gasteiger partial charge in [0.2, 0.25) is 11.8 Å². The lowest BCUT2D eigenvalue weighted by atomic mass is 9.90. The van der Waals surface area contributed by atoms with Crippen molar-refractivity contribution in [3.8, 4) is 0 Å². The molecule has 1 atom stereocenters. The third-order valence-corrected chi connectivity index (χ3v) is 5.30. The summed E-state index contributed by atoms with van der Waals surface area (Å²) >= 11 is 0. The number of amides is 2. The molecule has 3 aromatic rings.